The quantitative estimate of drug-likeness (QED) is 0.455. The molecule has 0 aromatic carbocycles. The molecular weight excluding hydrogens is 164 g/mol. The van der Waals surface area contributed by atoms with Gasteiger partial charge in [0.05, 0.1) is 6.61 Å². The Morgan fingerprint density at radius 3 is 1.83 bits per heavy atom. The van der Waals surface area contributed by atoms with E-state index in [4.69, 9.17) is 4.43 Å². The molecular formula is C10H22OSi. The molecule has 72 valence electrons. The highest BCUT2D eigenvalue weighted by atomic mass is 28.4. The van der Waals surface area contributed by atoms with Gasteiger partial charge in [0.1, 0.15) is 0 Å². The van der Waals surface area contributed by atoms with E-state index in [0.717, 1.165) is 12.2 Å². The van der Waals surface area contributed by atoms with Crippen LogP contribution in [0, 0.1) is 0 Å². The molecule has 0 aromatic heterocycles. The predicted octanol–water partition coefficient (Wildman–Crippen LogP) is 3.58. The Hall–Kier alpha value is -0.0831. The van der Waals surface area contributed by atoms with Crippen molar-refractivity contribution in [2.45, 2.75) is 45.8 Å². The highest BCUT2D eigenvalue weighted by Crippen LogP contribution is 2.21. The summed E-state index contributed by atoms with van der Waals surface area (Å²) in [4.78, 5) is 0. The van der Waals surface area contributed by atoms with Gasteiger partial charge in [0.2, 0.25) is 0 Å². The van der Waals surface area contributed by atoms with Gasteiger partial charge in [-0.05, 0) is 25.1 Å². The molecule has 12 heavy (non-hydrogen) atoms. The largest absolute Gasteiger partial charge is 0.413 e. The van der Waals surface area contributed by atoms with E-state index < -0.39 is 8.32 Å². The lowest BCUT2D eigenvalue weighted by Crippen LogP contribution is -2.36. The topological polar surface area (TPSA) is 9.23 Å². The van der Waals surface area contributed by atoms with Crippen LogP contribution in [-0.4, -0.2) is 14.9 Å². The van der Waals surface area contributed by atoms with Gasteiger partial charge in [0.15, 0.2) is 8.32 Å². The zero-order valence-corrected chi connectivity index (χ0v) is 9.94. The van der Waals surface area contributed by atoms with Crippen LogP contribution >= 0.6 is 0 Å². The molecule has 0 aromatic rings. The normalized spacial score (nSPS) is 11.7. The predicted molar refractivity (Wildman–Crippen MR) is 58.0 cm³/mol. The minimum absolute atomic E-state index is 0.766. The number of hydrogen-bond acceptors (Lipinski definition) is 1. The minimum Gasteiger partial charge on any atom is -0.413 e. The molecule has 0 aliphatic heterocycles. The molecule has 0 rings (SSSR count). The van der Waals surface area contributed by atoms with Crippen molar-refractivity contribution in [2.75, 3.05) is 6.61 Å². The van der Waals surface area contributed by atoms with Crippen LogP contribution < -0.4 is 0 Å². The molecule has 2 heteroatoms. The maximum atomic E-state index is 5.98. The fraction of sp³-hybridized carbons (Fsp3) is 0.800. The molecule has 0 saturated heterocycles. The van der Waals surface area contributed by atoms with Crippen molar-refractivity contribution in [3.05, 3.63) is 12.2 Å². The summed E-state index contributed by atoms with van der Waals surface area (Å²) in [5.74, 6) is 0. The first-order valence-electron chi connectivity index (χ1n) is 4.88. The fourth-order valence-corrected chi connectivity index (χ4v) is 4.00. The lowest BCUT2D eigenvalue weighted by molar-refractivity contribution is 0.333. The smallest absolute Gasteiger partial charge is 0.192 e. The van der Waals surface area contributed by atoms with Crippen LogP contribution in [0.5, 0.6) is 0 Å². The molecule has 0 heterocycles. The second-order valence-electron chi connectivity index (χ2n) is 3.49. The summed E-state index contributed by atoms with van der Waals surface area (Å²) in [6.07, 6.45) is 0. The Bertz CT molecular complexity index is 131. The lowest BCUT2D eigenvalue weighted by Gasteiger charge is -2.27. The molecule has 0 radical (unpaired) electrons. The summed E-state index contributed by atoms with van der Waals surface area (Å²) < 4.78 is 5.98. The van der Waals surface area contributed by atoms with Crippen LogP contribution in [-0.2, 0) is 4.43 Å². The van der Waals surface area contributed by atoms with Gasteiger partial charge in [-0.2, -0.15) is 0 Å². The van der Waals surface area contributed by atoms with Crippen molar-refractivity contribution >= 4 is 8.32 Å². The average molecular weight is 186 g/mol. The molecule has 0 N–H and O–H groups in total. The average Bonchev–Trinajstić information content (AvgIpc) is 2.08. The van der Waals surface area contributed by atoms with Gasteiger partial charge < -0.3 is 4.43 Å². The first-order chi connectivity index (χ1) is 5.60. The van der Waals surface area contributed by atoms with E-state index >= 15 is 0 Å². The highest BCUT2D eigenvalue weighted by molar-refractivity contribution is 6.73. The third kappa shape index (κ3) is 3.54. The second-order valence-corrected chi connectivity index (χ2v) is 8.27. The third-order valence-electron chi connectivity index (χ3n) is 2.56. The number of rotatable bonds is 6. The highest BCUT2D eigenvalue weighted by Gasteiger charge is 2.28. The van der Waals surface area contributed by atoms with Gasteiger partial charge in [-0.1, -0.05) is 32.9 Å². The van der Waals surface area contributed by atoms with Gasteiger partial charge >= 0.3 is 0 Å². The summed E-state index contributed by atoms with van der Waals surface area (Å²) in [5.41, 5.74) is 1.14. The van der Waals surface area contributed by atoms with E-state index in [9.17, 15) is 0 Å². The fourth-order valence-electron chi connectivity index (χ4n) is 1.33. The van der Waals surface area contributed by atoms with Gasteiger partial charge in [-0.25, -0.2) is 0 Å². The van der Waals surface area contributed by atoms with Crippen molar-refractivity contribution in [2.24, 2.45) is 0 Å². The van der Waals surface area contributed by atoms with E-state index in [1.165, 1.54) is 18.1 Å². The Labute approximate surface area is 78.0 Å². The Kier molecular flexibility index (Phi) is 5.50. The number of hydrogen-bond donors (Lipinski definition) is 0. The van der Waals surface area contributed by atoms with Crippen molar-refractivity contribution in [1.82, 2.24) is 0 Å². The lowest BCUT2D eigenvalue weighted by atomic mass is 10.4. The molecule has 0 spiro atoms. The van der Waals surface area contributed by atoms with E-state index in [2.05, 4.69) is 27.4 Å². The summed E-state index contributed by atoms with van der Waals surface area (Å²) >= 11 is 0. The van der Waals surface area contributed by atoms with Gasteiger partial charge in [-0.15, -0.1) is 0 Å². The summed E-state index contributed by atoms with van der Waals surface area (Å²) in [5, 5.41) is 0. The molecule has 0 amide bonds. The van der Waals surface area contributed by atoms with Crippen molar-refractivity contribution in [1.29, 1.82) is 0 Å². The maximum absolute atomic E-state index is 5.98. The zero-order chi connectivity index (χ0) is 9.61. The van der Waals surface area contributed by atoms with E-state index in [-0.39, 0.29) is 0 Å². The van der Waals surface area contributed by atoms with Gasteiger partial charge in [0.25, 0.3) is 0 Å². The molecule has 0 bridgehead atoms. The molecule has 0 unspecified atom stereocenters. The van der Waals surface area contributed by atoms with Crippen LogP contribution in [0.3, 0.4) is 0 Å². The van der Waals surface area contributed by atoms with Crippen molar-refractivity contribution < 1.29 is 4.43 Å². The molecule has 0 atom stereocenters. The van der Waals surface area contributed by atoms with Crippen molar-refractivity contribution in [3.63, 3.8) is 0 Å². The van der Waals surface area contributed by atoms with Crippen molar-refractivity contribution in [3.8, 4) is 0 Å². The van der Waals surface area contributed by atoms with Crippen LogP contribution in [0.4, 0.5) is 0 Å². The van der Waals surface area contributed by atoms with Crippen LogP contribution in [0.1, 0.15) is 27.7 Å². The first-order valence-corrected chi connectivity index (χ1v) is 7.41. The first kappa shape index (κ1) is 11.9. The monoisotopic (exact) mass is 186 g/mol. The zero-order valence-electron chi connectivity index (χ0n) is 8.94. The van der Waals surface area contributed by atoms with E-state index in [1.54, 1.807) is 0 Å². The van der Waals surface area contributed by atoms with E-state index in [1.807, 2.05) is 6.92 Å². The van der Waals surface area contributed by atoms with E-state index in [0.29, 0.717) is 0 Å². The molecule has 0 aliphatic rings. The van der Waals surface area contributed by atoms with Crippen LogP contribution in [0.15, 0.2) is 12.2 Å². The third-order valence-corrected chi connectivity index (χ3v) is 7.18. The molecule has 1 nitrogen and oxygen atoms in total. The van der Waals surface area contributed by atoms with Crippen LogP contribution in [0.25, 0.3) is 0 Å². The van der Waals surface area contributed by atoms with Crippen LogP contribution in [0.2, 0.25) is 18.1 Å². The Balaban J connectivity index is 4.01. The maximum Gasteiger partial charge on any atom is 0.192 e. The molecule has 0 saturated carbocycles. The summed E-state index contributed by atoms with van der Waals surface area (Å²) in [7, 11) is -1.34. The molecule has 0 fully saturated rings. The summed E-state index contributed by atoms with van der Waals surface area (Å²) in [6, 6.07) is 3.69. The Morgan fingerprint density at radius 1 is 1.17 bits per heavy atom. The summed E-state index contributed by atoms with van der Waals surface area (Å²) in [6.45, 7) is 13.4. The SMILES string of the molecule is C=C(C)CO[Si](CC)(CC)CC. The standard InChI is InChI=1S/C10H22OSi/c1-6-12(7-2,8-3)11-9-10(4)5/h4,6-9H2,1-3,5H3. The second kappa shape index (κ2) is 5.54. The minimum atomic E-state index is -1.34. The Morgan fingerprint density at radius 2 is 1.58 bits per heavy atom. The van der Waals surface area contributed by atoms with Gasteiger partial charge in [0, 0.05) is 0 Å². The van der Waals surface area contributed by atoms with Gasteiger partial charge in [-0.3, -0.25) is 0 Å². The molecule has 0 aliphatic carbocycles.